The van der Waals surface area contributed by atoms with Crippen LogP contribution >= 0.6 is 0 Å². The molecule has 106 valence electrons. The van der Waals surface area contributed by atoms with E-state index in [4.69, 9.17) is 4.74 Å². The molecule has 0 fully saturated rings. The van der Waals surface area contributed by atoms with Crippen molar-refractivity contribution in [2.24, 2.45) is 0 Å². The molecule has 3 rings (SSSR count). The molecule has 21 heavy (non-hydrogen) atoms. The van der Waals surface area contributed by atoms with Crippen molar-refractivity contribution in [1.29, 1.82) is 0 Å². The molecule has 0 amide bonds. The van der Waals surface area contributed by atoms with Gasteiger partial charge < -0.3 is 9.84 Å². The van der Waals surface area contributed by atoms with Crippen molar-refractivity contribution in [2.45, 2.75) is 6.61 Å². The average Bonchev–Trinajstić information content (AvgIpc) is 2.43. The van der Waals surface area contributed by atoms with Crippen LogP contribution in [-0.4, -0.2) is 5.11 Å². The zero-order valence-electron chi connectivity index (χ0n) is 11.0. The van der Waals surface area contributed by atoms with Gasteiger partial charge in [-0.2, -0.15) is 0 Å². The molecular weight excluding hydrogens is 274 g/mol. The monoisotopic (exact) mass is 286 g/mol. The van der Waals surface area contributed by atoms with E-state index < -0.39 is 11.6 Å². The summed E-state index contributed by atoms with van der Waals surface area (Å²) in [6.07, 6.45) is 0. The number of hydrogen-bond donors (Lipinski definition) is 1. The van der Waals surface area contributed by atoms with Crippen LogP contribution < -0.4 is 4.74 Å². The number of rotatable bonds is 3. The molecule has 2 nitrogen and oxygen atoms in total. The molecule has 3 aromatic rings. The van der Waals surface area contributed by atoms with Gasteiger partial charge in [0, 0.05) is 6.07 Å². The minimum Gasteiger partial charge on any atom is -0.508 e. The van der Waals surface area contributed by atoms with E-state index in [2.05, 4.69) is 0 Å². The summed E-state index contributed by atoms with van der Waals surface area (Å²) in [5, 5.41) is 11.3. The number of phenols is 1. The second-order valence-corrected chi connectivity index (χ2v) is 4.76. The van der Waals surface area contributed by atoms with Gasteiger partial charge in [0.15, 0.2) is 0 Å². The molecule has 0 saturated carbocycles. The molecule has 0 unspecified atom stereocenters. The van der Waals surface area contributed by atoms with Gasteiger partial charge in [-0.05, 0) is 52.7 Å². The number of ether oxygens (including phenoxy) is 1. The van der Waals surface area contributed by atoms with E-state index in [0.717, 1.165) is 16.8 Å². The topological polar surface area (TPSA) is 29.5 Å². The normalized spacial score (nSPS) is 10.8. The number of aromatic hydroxyl groups is 1. The number of benzene rings is 3. The predicted octanol–water partition coefficient (Wildman–Crippen LogP) is 4.40. The molecule has 0 heterocycles. The van der Waals surface area contributed by atoms with Gasteiger partial charge >= 0.3 is 0 Å². The maximum atomic E-state index is 13.1. The zero-order valence-corrected chi connectivity index (χ0v) is 11.0. The lowest BCUT2D eigenvalue weighted by Crippen LogP contribution is -1.97. The maximum Gasteiger partial charge on any atom is 0.126 e. The van der Waals surface area contributed by atoms with Crippen LogP contribution in [0.25, 0.3) is 10.8 Å². The van der Waals surface area contributed by atoms with Crippen LogP contribution in [0, 0.1) is 11.6 Å². The first-order valence-corrected chi connectivity index (χ1v) is 6.41. The molecule has 0 aliphatic carbocycles. The molecule has 0 aromatic heterocycles. The Morgan fingerprint density at radius 2 is 1.52 bits per heavy atom. The van der Waals surface area contributed by atoms with Gasteiger partial charge in [0.05, 0.1) is 0 Å². The Morgan fingerprint density at radius 3 is 2.29 bits per heavy atom. The van der Waals surface area contributed by atoms with E-state index in [1.54, 1.807) is 30.3 Å². The van der Waals surface area contributed by atoms with E-state index in [1.165, 1.54) is 12.1 Å². The number of hydrogen-bond acceptors (Lipinski definition) is 2. The Hall–Kier alpha value is -2.62. The standard InChI is InChI=1S/C17H12F2O2/c18-14-5-11(6-15(19)9-14)10-21-17-4-2-12-1-3-16(20)7-13(12)8-17/h1-9,20H,10H2. The summed E-state index contributed by atoms with van der Waals surface area (Å²) in [6.45, 7) is 0.0685. The largest absolute Gasteiger partial charge is 0.508 e. The van der Waals surface area contributed by atoms with Crippen molar-refractivity contribution in [3.05, 3.63) is 71.8 Å². The maximum absolute atomic E-state index is 13.1. The molecule has 0 atom stereocenters. The smallest absolute Gasteiger partial charge is 0.126 e. The Morgan fingerprint density at radius 1 is 0.810 bits per heavy atom. The summed E-state index contributed by atoms with van der Waals surface area (Å²) in [5.41, 5.74) is 0.420. The first-order chi connectivity index (χ1) is 10.1. The first-order valence-electron chi connectivity index (χ1n) is 6.41. The molecule has 4 heteroatoms. The van der Waals surface area contributed by atoms with Crippen molar-refractivity contribution >= 4 is 10.8 Å². The zero-order chi connectivity index (χ0) is 14.8. The number of fused-ring (bicyclic) bond motifs is 1. The first kappa shape index (κ1) is 13.4. The molecule has 3 aromatic carbocycles. The number of phenolic OH excluding ortho intramolecular Hbond substituents is 1. The Balaban J connectivity index is 1.81. The minimum atomic E-state index is -0.628. The molecule has 0 bridgehead atoms. The van der Waals surface area contributed by atoms with Crippen LogP contribution in [0.15, 0.2) is 54.6 Å². The molecule has 1 N–H and O–H groups in total. The highest BCUT2D eigenvalue weighted by molar-refractivity contribution is 5.85. The molecule has 0 aliphatic rings. The van der Waals surface area contributed by atoms with E-state index >= 15 is 0 Å². The second-order valence-electron chi connectivity index (χ2n) is 4.76. The quantitative estimate of drug-likeness (QED) is 0.773. The van der Waals surface area contributed by atoms with Crippen molar-refractivity contribution < 1.29 is 18.6 Å². The van der Waals surface area contributed by atoms with Crippen LogP contribution in [0.4, 0.5) is 8.78 Å². The molecule has 0 saturated heterocycles. The van der Waals surface area contributed by atoms with Gasteiger partial charge in [-0.15, -0.1) is 0 Å². The molecular formula is C17H12F2O2. The fraction of sp³-hybridized carbons (Fsp3) is 0.0588. The lowest BCUT2D eigenvalue weighted by Gasteiger charge is -2.08. The molecule has 0 spiro atoms. The van der Waals surface area contributed by atoms with Crippen molar-refractivity contribution in [3.8, 4) is 11.5 Å². The SMILES string of the molecule is Oc1ccc2ccc(OCc3cc(F)cc(F)c3)cc2c1. The second kappa shape index (κ2) is 5.40. The lowest BCUT2D eigenvalue weighted by atomic mass is 10.1. The fourth-order valence-electron chi connectivity index (χ4n) is 2.16. The summed E-state index contributed by atoms with van der Waals surface area (Å²) < 4.78 is 31.7. The summed E-state index contributed by atoms with van der Waals surface area (Å²) in [7, 11) is 0. The molecule has 0 radical (unpaired) electrons. The van der Waals surface area contributed by atoms with Gasteiger partial charge in [-0.3, -0.25) is 0 Å². The molecule has 0 aliphatic heterocycles. The number of halogens is 2. The third-order valence-corrected chi connectivity index (χ3v) is 3.12. The fourth-order valence-corrected chi connectivity index (χ4v) is 2.16. The Labute approximate surface area is 120 Å². The predicted molar refractivity (Wildman–Crippen MR) is 76.3 cm³/mol. The van der Waals surface area contributed by atoms with E-state index in [-0.39, 0.29) is 12.4 Å². The van der Waals surface area contributed by atoms with Crippen LogP contribution in [0.3, 0.4) is 0 Å². The lowest BCUT2D eigenvalue weighted by molar-refractivity contribution is 0.305. The van der Waals surface area contributed by atoms with E-state index in [1.807, 2.05) is 6.07 Å². The highest BCUT2D eigenvalue weighted by Gasteiger charge is 2.03. The van der Waals surface area contributed by atoms with Gasteiger partial charge in [0.2, 0.25) is 0 Å². The Bertz CT molecular complexity index is 780. The van der Waals surface area contributed by atoms with Crippen LogP contribution in [0.1, 0.15) is 5.56 Å². The van der Waals surface area contributed by atoms with Gasteiger partial charge in [0.1, 0.15) is 29.7 Å². The summed E-state index contributed by atoms with van der Waals surface area (Å²) >= 11 is 0. The summed E-state index contributed by atoms with van der Waals surface area (Å²) in [6, 6.07) is 13.7. The minimum absolute atomic E-state index is 0.0685. The summed E-state index contributed by atoms with van der Waals surface area (Å²) in [4.78, 5) is 0. The van der Waals surface area contributed by atoms with Crippen LogP contribution in [-0.2, 0) is 6.61 Å². The Kier molecular flexibility index (Phi) is 3.44. The third kappa shape index (κ3) is 3.11. The third-order valence-electron chi connectivity index (χ3n) is 3.12. The van der Waals surface area contributed by atoms with Crippen molar-refractivity contribution in [2.75, 3.05) is 0 Å². The van der Waals surface area contributed by atoms with Gasteiger partial charge in [-0.25, -0.2) is 8.78 Å². The highest BCUT2D eigenvalue weighted by atomic mass is 19.1. The van der Waals surface area contributed by atoms with Crippen molar-refractivity contribution in [1.82, 2.24) is 0 Å². The summed E-state index contributed by atoms with van der Waals surface area (Å²) in [5.74, 6) is -0.515. The highest BCUT2D eigenvalue weighted by Crippen LogP contribution is 2.25. The van der Waals surface area contributed by atoms with Crippen LogP contribution in [0.2, 0.25) is 0 Å². The average molecular weight is 286 g/mol. The van der Waals surface area contributed by atoms with E-state index in [9.17, 15) is 13.9 Å². The van der Waals surface area contributed by atoms with Crippen molar-refractivity contribution in [3.63, 3.8) is 0 Å². The van der Waals surface area contributed by atoms with Gasteiger partial charge in [0.25, 0.3) is 0 Å². The van der Waals surface area contributed by atoms with Gasteiger partial charge in [-0.1, -0.05) is 12.1 Å². The van der Waals surface area contributed by atoms with E-state index in [0.29, 0.717) is 11.3 Å². The van der Waals surface area contributed by atoms with Crippen LogP contribution in [0.5, 0.6) is 11.5 Å².